The quantitative estimate of drug-likeness (QED) is 0.208. The number of piperidine rings is 3. The van der Waals surface area contributed by atoms with Crippen LogP contribution in [0.1, 0.15) is 84.5 Å². The van der Waals surface area contributed by atoms with Crippen LogP contribution in [0.5, 0.6) is 0 Å². The van der Waals surface area contributed by atoms with Gasteiger partial charge in [0.25, 0.3) is 0 Å². The highest BCUT2D eigenvalue weighted by molar-refractivity contribution is 6.21. The molecule has 5 saturated heterocycles. The first-order valence-corrected chi connectivity index (χ1v) is 18.7. The molecule has 2 bridgehead atoms. The molecule has 2 amide bonds. The molecule has 0 radical (unpaired) electrons. The maximum atomic E-state index is 14.8. The Morgan fingerprint density at radius 2 is 1.80 bits per heavy atom. The summed E-state index contributed by atoms with van der Waals surface area (Å²) < 4.78 is 14.8. The van der Waals surface area contributed by atoms with E-state index in [1.54, 1.807) is 0 Å². The van der Waals surface area contributed by atoms with Gasteiger partial charge < -0.3 is 31.9 Å². The van der Waals surface area contributed by atoms with Gasteiger partial charge in [0, 0.05) is 63.5 Å². The first-order chi connectivity index (χ1) is 22.1. The number of unbranched alkanes of at least 4 members (excludes halogenated alkanes) is 1. The van der Waals surface area contributed by atoms with Crippen LogP contribution in [0.3, 0.4) is 0 Å². The summed E-state index contributed by atoms with van der Waals surface area (Å²) in [5.74, 6) is -0.667. The largest absolute Gasteiger partial charge is 0.350 e. The van der Waals surface area contributed by atoms with Gasteiger partial charge in [0.2, 0.25) is 11.8 Å². The second-order valence-corrected chi connectivity index (χ2v) is 15.4. The van der Waals surface area contributed by atoms with Crippen molar-refractivity contribution in [1.82, 2.24) is 25.3 Å². The lowest BCUT2D eigenvalue weighted by molar-refractivity contribution is -0.139. The van der Waals surface area contributed by atoms with Gasteiger partial charge in [-0.15, -0.1) is 11.6 Å². The van der Waals surface area contributed by atoms with Crippen molar-refractivity contribution in [2.45, 2.75) is 126 Å². The van der Waals surface area contributed by atoms with E-state index in [9.17, 15) is 14.0 Å². The highest BCUT2D eigenvalue weighted by Crippen LogP contribution is 2.42. The number of amides is 2. The van der Waals surface area contributed by atoms with Crippen molar-refractivity contribution in [3.05, 3.63) is 0 Å². The van der Waals surface area contributed by atoms with E-state index in [0.717, 1.165) is 97.1 Å². The summed E-state index contributed by atoms with van der Waals surface area (Å²) in [6.07, 6.45) is 8.93. The van der Waals surface area contributed by atoms with Gasteiger partial charge >= 0.3 is 0 Å². The van der Waals surface area contributed by atoms with Crippen LogP contribution in [-0.2, 0) is 9.59 Å². The van der Waals surface area contributed by atoms with Gasteiger partial charge in [0.15, 0.2) is 0 Å². The molecule has 0 aromatic rings. The fraction of sp³-hybridized carbons (Fsp3) is 0.912. The van der Waals surface area contributed by atoms with Gasteiger partial charge in [0.1, 0.15) is 6.17 Å². The number of fused-ring (bicyclic) bond motifs is 4. The summed E-state index contributed by atoms with van der Waals surface area (Å²) in [6.45, 7) is 11.1. The number of carbonyl (C=O) groups is 2. The van der Waals surface area contributed by atoms with Crippen molar-refractivity contribution < 1.29 is 14.0 Å². The predicted octanol–water partition coefficient (Wildman–Crippen LogP) is 2.48. The zero-order valence-corrected chi connectivity index (χ0v) is 29.0. The summed E-state index contributed by atoms with van der Waals surface area (Å²) in [5, 5.41) is 6.47. The van der Waals surface area contributed by atoms with E-state index in [2.05, 4.69) is 44.2 Å². The van der Waals surface area contributed by atoms with Gasteiger partial charge in [0.05, 0.1) is 29.5 Å². The summed E-state index contributed by atoms with van der Waals surface area (Å²) in [5.41, 5.74) is 12.6. The highest BCUT2D eigenvalue weighted by Gasteiger charge is 2.44. The van der Waals surface area contributed by atoms with E-state index in [1.807, 2.05) is 0 Å². The van der Waals surface area contributed by atoms with Crippen LogP contribution in [0.25, 0.3) is 0 Å². The third-order valence-corrected chi connectivity index (χ3v) is 12.4. The van der Waals surface area contributed by atoms with E-state index in [0.29, 0.717) is 37.9 Å². The molecule has 0 saturated carbocycles. The second-order valence-electron chi connectivity index (χ2n) is 14.9. The number of carbonyl (C=O) groups excluding carboxylic acids is 2. The van der Waals surface area contributed by atoms with E-state index >= 15 is 0 Å². The molecule has 10 nitrogen and oxygen atoms in total. The van der Waals surface area contributed by atoms with Crippen LogP contribution in [0.15, 0.2) is 4.99 Å². The standard InChI is InChI=1S/C34H60ClFN8O2/c1-3-5-11-34(4-2)12-6-24(36)20-40-27(19-34)29(31(37)38)32(45)41-28-22-39-21-26(35)30(28)43-15-7-23(8-16-43)33(46)44-18-17-42-13-9-25(44)10-14-42/h20,23-31,39H,3-19,21-22,37-38H2,1-2H3,(H,41,45). The number of aliphatic imine (C=N–C) groups is 1. The zero-order valence-electron chi connectivity index (χ0n) is 28.2. The number of nitrogens with zero attached hydrogens (tertiary/aromatic N) is 4. The first kappa shape index (κ1) is 35.9. The number of hydrogen-bond acceptors (Lipinski definition) is 8. The molecule has 12 heteroatoms. The zero-order chi connectivity index (χ0) is 32.8. The van der Waals surface area contributed by atoms with Crippen LogP contribution in [-0.4, -0.2) is 127 Å². The minimum absolute atomic E-state index is 0.0367. The molecule has 6 rings (SSSR count). The van der Waals surface area contributed by atoms with Gasteiger partial charge in [-0.05, 0) is 69.9 Å². The van der Waals surface area contributed by atoms with Gasteiger partial charge in [-0.3, -0.25) is 19.5 Å². The molecule has 0 spiro atoms. The summed E-state index contributed by atoms with van der Waals surface area (Å²) >= 11 is 6.98. The van der Waals surface area contributed by atoms with Crippen molar-refractivity contribution in [1.29, 1.82) is 0 Å². The third-order valence-electron chi connectivity index (χ3n) is 12.0. The number of alkyl halides is 2. The van der Waals surface area contributed by atoms with Crippen molar-refractivity contribution >= 4 is 29.6 Å². The summed E-state index contributed by atoms with van der Waals surface area (Å²) in [7, 11) is 0. The lowest BCUT2D eigenvalue weighted by Gasteiger charge is -2.46. The Bertz CT molecular complexity index is 1040. The normalized spacial score (nSPS) is 37.0. The Hall–Kier alpha value is -1.37. The molecule has 5 fully saturated rings. The molecule has 6 aliphatic heterocycles. The van der Waals surface area contributed by atoms with Crippen molar-refractivity contribution in [2.24, 2.45) is 33.7 Å². The number of halogens is 2. The fourth-order valence-corrected chi connectivity index (χ4v) is 9.49. The Morgan fingerprint density at radius 3 is 2.48 bits per heavy atom. The maximum Gasteiger partial charge on any atom is 0.228 e. The predicted molar refractivity (Wildman–Crippen MR) is 183 cm³/mol. The number of nitrogens with two attached hydrogens (primary N) is 2. The average Bonchev–Trinajstić information content (AvgIpc) is 3.38. The molecule has 0 aromatic heterocycles. The Kier molecular flexibility index (Phi) is 12.8. The summed E-state index contributed by atoms with van der Waals surface area (Å²) in [6, 6.07) is -0.455. The molecular formula is C34H60ClFN8O2. The summed E-state index contributed by atoms with van der Waals surface area (Å²) in [4.78, 5) is 39.5. The topological polar surface area (TPSA) is 132 Å². The Morgan fingerprint density at radius 1 is 1.07 bits per heavy atom. The maximum absolute atomic E-state index is 14.8. The Labute approximate surface area is 280 Å². The lowest BCUT2D eigenvalue weighted by Crippen LogP contribution is -2.67. The molecule has 6 aliphatic rings. The minimum atomic E-state index is -1.14. The van der Waals surface area contributed by atoms with Crippen molar-refractivity contribution in [2.75, 3.05) is 52.4 Å². The third kappa shape index (κ3) is 8.43. The molecule has 46 heavy (non-hydrogen) atoms. The van der Waals surface area contributed by atoms with Crippen LogP contribution < -0.4 is 22.1 Å². The van der Waals surface area contributed by atoms with E-state index < -0.39 is 24.3 Å². The molecule has 7 atom stereocenters. The first-order valence-electron chi connectivity index (χ1n) is 18.2. The molecule has 7 unspecified atom stereocenters. The molecule has 6 heterocycles. The lowest BCUT2D eigenvalue weighted by atomic mass is 9.69. The van der Waals surface area contributed by atoms with E-state index in [1.165, 1.54) is 6.21 Å². The van der Waals surface area contributed by atoms with Gasteiger partial charge in [-0.25, -0.2) is 4.39 Å². The van der Waals surface area contributed by atoms with Gasteiger partial charge in [-0.2, -0.15) is 0 Å². The number of nitrogens with one attached hydrogen (secondary N) is 2. The van der Waals surface area contributed by atoms with E-state index in [-0.39, 0.29) is 34.7 Å². The van der Waals surface area contributed by atoms with Crippen LogP contribution in [0.2, 0.25) is 0 Å². The number of rotatable bonds is 10. The average molecular weight is 667 g/mol. The molecule has 6 N–H and O–H groups in total. The molecule has 0 aromatic carbocycles. The van der Waals surface area contributed by atoms with Crippen LogP contribution >= 0.6 is 11.6 Å². The fourth-order valence-electron chi connectivity index (χ4n) is 9.05. The van der Waals surface area contributed by atoms with Crippen molar-refractivity contribution in [3.63, 3.8) is 0 Å². The number of likely N-dealkylation sites (tertiary alicyclic amines) is 1. The minimum Gasteiger partial charge on any atom is -0.350 e. The molecular weight excluding hydrogens is 607 g/mol. The Balaban J connectivity index is 1.25. The van der Waals surface area contributed by atoms with E-state index in [4.69, 9.17) is 23.1 Å². The molecule has 0 aliphatic carbocycles. The van der Waals surface area contributed by atoms with Crippen LogP contribution in [0, 0.1) is 17.3 Å². The second kappa shape index (κ2) is 16.4. The van der Waals surface area contributed by atoms with Crippen molar-refractivity contribution in [3.8, 4) is 0 Å². The monoisotopic (exact) mass is 666 g/mol. The number of hydrogen-bond donors (Lipinski definition) is 4. The smallest absolute Gasteiger partial charge is 0.228 e. The molecule has 262 valence electrons. The van der Waals surface area contributed by atoms with Gasteiger partial charge in [-0.1, -0.05) is 33.1 Å². The highest BCUT2D eigenvalue weighted by atomic mass is 35.5. The SMILES string of the molecule is CCCCC1(CC)CCC(F)C=NC(C(C(=O)NC2CNCC(Cl)C2N2CCC(C(=O)N3CCN4CCC3CC4)CC2)C(N)N)C1. The van der Waals surface area contributed by atoms with Crippen LogP contribution in [0.4, 0.5) is 4.39 Å².